The highest BCUT2D eigenvalue weighted by Gasteiger charge is 2.19. The van der Waals surface area contributed by atoms with E-state index in [-0.39, 0.29) is 23.5 Å². The molecule has 190 valence electrons. The molecule has 37 heavy (non-hydrogen) atoms. The first-order chi connectivity index (χ1) is 17.9. The van der Waals surface area contributed by atoms with Gasteiger partial charge in [-0.25, -0.2) is 13.1 Å². The summed E-state index contributed by atoms with van der Waals surface area (Å²) in [4.78, 5) is 15.0. The number of nitrogens with one attached hydrogen (secondary N) is 1. The Morgan fingerprint density at radius 1 is 0.757 bits per heavy atom. The molecule has 4 aromatic rings. The Morgan fingerprint density at radius 2 is 1.24 bits per heavy atom. The lowest BCUT2D eigenvalue weighted by Crippen LogP contribution is -2.34. The molecule has 1 amide bonds. The number of amides is 1. The number of benzene rings is 4. The summed E-state index contributed by atoms with van der Waals surface area (Å²) in [7, 11) is -3.72. The summed E-state index contributed by atoms with van der Waals surface area (Å²) in [6.07, 6.45) is 0. The van der Waals surface area contributed by atoms with Gasteiger partial charge in [-0.1, -0.05) is 91.0 Å². The monoisotopic (exact) mass is 514 g/mol. The van der Waals surface area contributed by atoms with Crippen molar-refractivity contribution in [2.75, 3.05) is 6.61 Å². The van der Waals surface area contributed by atoms with Crippen LogP contribution in [0.4, 0.5) is 0 Å². The van der Waals surface area contributed by atoms with Gasteiger partial charge >= 0.3 is 0 Å². The maximum atomic E-state index is 13.1. The van der Waals surface area contributed by atoms with Gasteiger partial charge < -0.3 is 9.64 Å². The van der Waals surface area contributed by atoms with Gasteiger partial charge in [0, 0.05) is 19.1 Å². The van der Waals surface area contributed by atoms with E-state index in [1.807, 2.05) is 91.0 Å². The first kappa shape index (κ1) is 26.1. The third-order valence-electron chi connectivity index (χ3n) is 5.91. The highest BCUT2D eigenvalue weighted by Crippen LogP contribution is 2.20. The number of rotatable bonds is 11. The normalized spacial score (nSPS) is 12.0. The first-order valence-corrected chi connectivity index (χ1v) is 13.5. The highest BCUT2D eigenvalue weighted by atomic mass is 32.2. The number of hydrogen-bond acceptors (Lipinski definition) is 4. The van der Waals surface area contributed by atoms with Gasteiger partial charge in [-0.2, -0.15) is 0 Å². The van der Waals surface area contributed by atoms with Gasteiger partial charge in [-0.15, -0.1) is 0 Å². The summed E-state index contributed by atoms with van der Waals surface area (Å²) in [5.41, 5.74) is 2.93. The summed E-state index contributed by atoms with van der Waals surface area (Å²) >= 11 is 0. The third-order valence-corrected chi connectivity index (χ3v) is 7.47. The van der Waals surface area contributed by atoms with E-state index in [1.54, 1.807) is 24.0 Å². The van der Waals surface area contributed by atoms with Crippen LogP contribution in [-0.4, -0.2) is 25.8 Å². The molecule has 6 nitrogen and oxygen atoms in total. The standard InChI is InChI=1S/C30H30N2O4S/c1-24(27-15-9-4-10-16-27)31-37(34,35)29-19-17-28(18-20-29)36-23-30(33)32(21-25-11-5-2-6-12-25)22-26-13-7-3-8-14-26/h2-20,24,31H,21-23H2,1H3/t24-/m0/s1. The lowest BCUT2D eigenvalue weighted by molar-refractivity contribution is -0.134. The molecule has 0 radical (unpaired) electrons. The largest absolute Gasteiger partial charge is 0.484 e. The van der Waals surface area contributed by atoms with Crippen LogP contribution in [-0.2, 0) is 27.9 Å². The Hall–Kier alpha value is -3.94. The van der Waals surface area contributed by atoms with Crippen LogP contribution in [0.5, 0.6) is 5.75 Å². The van der Waals surface area contributed by atoms with Crippen molar-refractivity contribution in [1.82, 2.24) is 9.62 Å². The van der Waals surface area contributed by atoms with E-state index in [4.69, 9.17) is 4.74 Å². The van der Waals surface area contributed by atoms with Gasteiger partial charge in [0.25, 0.3) is 5.91 Å². The minimum Gasteiger partial charge on any atom is -0.484 e. The molecule has 0 spiro atoms. The fourth-order valence-electron chi connectivity index (χ4n) is 3.90. The first-order valence-electron chi connectivity index (χ1n) is 12.1. The second-order valence-electron chi connectivity index (χ2n) is 8.73. The molecule has 0 saturated heterocycles. The van der Waals surface area contributed by atoms with Crippen molar-refractivity contribution in [3.8, 4) is 5.75 Å². The number of nitrogens with zero attached hydrogens (tertiary/aromatic N) is 1. The van der Waals surface area contributed by atoms with Crippen LogP contribution in [0.25, 0.3) is 0 Å². The zero-order valence-electron chi connectivity index (χ0n) is 20.7. The summed E-state index contributed by atoms with van der Waals surface area (Å²) in [5.74, 6) is 0.255. The van der Waals surface area contributed by atoms with Gasteiger partial charge in [0.05, 0.1) is 4.90 Å². The average molecular weight is 515 g/mol. The molecule has 1 atom stereocenters. The highest BCUT2D eigenvalue weighted by molar-refractivity contribution is 7.89. The number of ether oxygens (including phenoxy) is 1. The molecular formula is C30H30N2O4S. The topological polar surface area (TPSA) is 75.7 Å². The zero-order valence-corrected chi connectivity index (χ0v) is 21.5. The van der Waals surface area contributed by atoms with E-state index in [0.29, 0.717) is 18.8 Å². The lowest BCUT2D eigenvalue weighted by Gasteiger charge is -2.23. The number of hydrogen-bond donors (Lipinski definition) is 1. The third kappa shape index (κ3) is 7.52. The van der Waals surface area contributed by atoms with Crippen molar-refractivity contribution in [2.24, 2.45) is 0 Å². The Bertz CT molecular complexity index is 1340. The van der Waals surface area contributed by atoms with E-state index >= 15 is 0 Å². The van der Waals surface area contributed by atoms with Crippen LogP contribution < -0.4 is 9.46 Å². The number of sulfonamides is 1. The van der Waals surface area contributed by atoms with Crippen molar-refractivity contribution in [1.29, 1.82) is 0 Å². The maximum absolute atomic E-state index is 13.1. The number of carbonyl (C=O) groups is 1. The molecule has 0 bridgehead atoms. The van der Waals surface area contributed by atoms with Crippen molar-refractivity contribution < 1.29 is 17.9 Å². The fraction of sp³-hybridized carbons (Fsp3) is 0.167. The Balaban J connectivity index is 1.39. The van der Waals surface area contributed by atoms with Crippen molar-refractivity contribution in [3.63, 3.8) is 0 Å². The molecule has 0 aliphatic carbocycles. The predicted octanol–water partition coefficient (Wildman–Crippen LogP) is 5.33. The van der Waals surface area contributed by atoms with E-state index < -0.39 is 10.0 Å². The van der Waals surface area contributed by atoms with Gasteiger partial charge in [0.15, 0.2) is 6.61 Å². The van der Waals surface area contributed by atoms with E-state index in [9.17, 15) is 13.2 Å². The van der Waals surface area contributed by atoms with Crippen LogP contribution in [0.2, 0.25) is 0 Å². The second-order valence-corrected chi connectivity index (χ2v) is 10.4. The second kappa shape index (κ2) is 12.3. The molecule has 0 fully saturated rings. The molecule has 0 aliphatic rings. The molecule has 7 heteroatoms. The lowest BCUT2D eigenvalue weighted by atomic mass is 10.1. The molecule has 4 rings (SSSR count). The zero-order chi connectivity index (χ0) is 26.1. The Labute approximate surface area is 218 Å². The van der Waals surface area contributed by atoms with Crippen LogP contribution in [0, 0.1) is 0 Å². The van der Waals surface area contributed by atoms with E-state index in [2.05, 4.69) is 4.72 Å². The van der Waals surface area contributed by atoms with Crippen molar-refractivity contribution in [3.05, 3.63) is 132 Å². The minimum atomic E-state index is -3.72. The average Bonchev–Trinajstić information content (AvgIpc) is 2.93. The predicted molar refractivity (Wildman–Crippen MR) is 144 cm³/mol. The fourth-order valence-corrected chi connectivity index (χ4v) is 5.13. The molecule has 0 aliphatic heterocycles. The van der Waals surface area contributed by atoms with Crippen molar-refractivity contribution >= 4 is 15.9 Å². The van der Waals surface area contributed by atoms with Crippen LogP contribution in [0.3, 0.4) is 0 Å². The summed E-state index contributed by atoms with van der Waals surface area (Å²) in [6, 6.07) is 34.7. The molecule has 1 N–H and O–H groups in total. The molecule has 4 aromatic carbocycles. The smallest absolute Gasteiger partial charge is 0.261 e. The molecule has 0 unspecified atom stereocenters. The molecule has 0 aromatic heterocycles. The molecule has 0 heterocycles. The van der Waals surface area contributed by atoms with E-state index in [0.717, 1.165) is 16.7 Å². The summed E-state index contributed by atoms with van der Waals surface area (Å²) in [6.45, 7) is 2.56. The van der Waals surface area contributed by atoms with Crippen LogP contribution in [0.15, 0.2) is 120 Å². The quantitative estimate of drug-likeness (QED) is 0.293. The summed E-state index contributed by atoms with van der Waals surface area (Å²) in [5, 5.41) is 0. The Kier molecular flexibility index (Phi) is 8.72. The minimum absolute atomic E-state index is 0.128. The van der Waals surface area contributed by atoms with Gasteiger partial charge in [0.2, 0.25) is 10.0 Å². The van der Waals surface area contributed by atoms with Crippen LogP contribution in [0.1, 0.15) is 29.7 Å². The van der Waals surface area contributed by atoms with Crippen molar-refractivity contribution in [2.45, 2.75) is 31.0 Å². The summed E-state index contributed by atoms with van der Waals surface area (Å²) < 4.78 is 34.1. The maximum Gasteiger partial charge on any atom is 0.261 e. The molecular weight excluding hydrogens is 484 g/mol. The Morgan fingerprint density at radius 3 is 1.76 bits per heavy atom. The SMILES string of the molecule is C[C@H](NS(=O)(=O)c1ccc(OCC(=O)N(Cc2ccccc2)Cc2ccccc2)cc1)c1ccccc1. The van der Waals surface area contributed by atoms with Gasteiger partial charge in [0.1, 0.15) is 5.75 Å². The van der Waals surface area contributed by atoms with E-state index in [1.165, 1.54) is 12.1 Å². The number of carbonyl (C=O) groups excluding carboxylic acids is 1. The van der Waals surface area contributed by atoms with Crippen LogP contribution >= 0.6 is 0 Å². The van der Waals surface area contributed by atoms with Gasteiger partial charge in [-0.3, -0.25) is 4.79 Å². The van der Waals surface area contributed by atoms with Gasteiger partial charge in [-0.05, 0) is 47.9 Å². The molecule has 0 saturated carbocycles.